The van der Waals surface area contributed by atoms with E-state index < -0.39 is 0 Å². The normalized spacial score (nSPS) is 15.8. The molecule has 2 aromatic rings. The quantitative estimate of drug-likeness (QED) is 0.866. The Bertz CT molecular complexity index is 631. The highest BCUT2D eigenvalue weighted by atomic mass is 16.5. The van der Waals surface area contributed by atoms with Gasteiger partial charge in [-0.25, -0.2) is 0 Å². The molecule has 0 spiro atoms. The number of likely N-dealkylation sites (tertiary alicyclic amines) is 1. The largest absolute Gasteiger partial charge is 0.381 e. The summed E-state index contributed by atoms with van der Waals surface area (Å²) in [5.41, 5.74) is 2.87. The molecule has 1 aliphatic rings. The first kappa shape index (κ1) is 14.8. The van der Waals surface area contributed by atoms with E-state index in [1.54, 1.807) is 7.11 Å². The van der Waals surface area contributed by atoms with Crippen LogP contribution in [0, 0.1) is 0 Å². The van der Waals surface area contributed by atoms with E-state index in [9.17, 15) is 4.79 Å². The lowest BCUT2D eigenvalue weighted by Crippen LogP contribution is -2.40. The van der Waals surface area contributed by atoms with Gasteiger partial charge in [0.15, 0.2) is 0 Å². The van der Waals surface area contributed by atoms with E-state index in [1.807, 2.05) is 59.5 Å². The topological polar surface area (TPSA) is 29.5 Å². The SMILES string of the molecule is COC1CCN(C(=O)c2ccccc2-c2ccccc2)CC1. The van der Waals surface area contributed by atoms with Crippen molar-refractivity contribution in [1.29, 1.82) is 0 Å². The van der Waals surface area contributed by atoms with Gasteiger partial charge in [-0.1, -0.05) is 48.5 Å². The lowest BCUT2D eigenvalue weighted by molar-refractivity contribution is 0.0351. The summed E-state index contributed by atoms with van der Waals surface area (Å²) in [6.07, 6.45) is 2.11. The highest BCUT2D eigenvalue weighted by molar-refractivity contribution is 6.00. The third kappa shape index (κ3) is 3.04. The van der Waals surface area contributed by atoms with E-state index in [1.165, 1.54) is 0 Å². The first-order valence-corrected chi connectivity index (χ1v) is 7.76. The van der Waals surface area contributed by atoms with Crippen LogP contribution in [0.4, 0.5) is 0 Å². The van der Waals surface area contributed by atoms with Crippen LogP contribution in [0.3, 0.4) is 0 Å². The Labute approximate surface area is 131 Å². The van der Waals surface area contributed by atoms with Crippen LogP contribution in [0.25, 0.3) is 11.1 Å². The number of benzene rings is 2. The van der Waals surface area contributed by atoms with Crippen molar-refractivity contribution in [1.82, 2.24) is 4.90 Å². The van der Waals surface area contributed by atoms with Gasteiger partial charge in [-0.15, -0.1) is 0 Å². The molecular weight excluding hydrogens is 274 g/mol. The van der Waals surface area contributed by atoms with Crippen molar-refractivity contribution in [3.05, 3.63) is 60.2 Å². The minimum atomic E-state index is 0.119. The van der Waals surface area contributed by atoms with Gasteiger partial charge in [-0.05, 0) is 30.0 Å². The highest BCUT2D eigenvalue weighted by Gasteiger charge is 2.24. The summed E-state index contributed by atoms with van der Waals surface area (Å²) in [7, 11) is 1.74. The average molecular weight is 295 g/mol. The second-order valence-electron chi connectivity index (χ2n) is 5.64. The van der Waals surface area contributed by atoms with Gasteiger partial charge in [0.05, 0.1) is 6.10 Å². The zero-order valence-corrected chi connectivity index (χ0v) is 12.9. The van der Waals surface area contributed by atoms with Gasteiger partial charge in [0, 0.05) is 25.8 Å². The van der Waals surface area contributed by atoms with Crippen LogP contribution in [0.5, 0.6) is 0 Å². The molecule has 0 atom stereocenters. The predicted molar refractivity (Wildman–Crippen MR) is 87.8 cm³/mol. The fraction of sp³-hybridized carbons (Fsp3) is 0.316. The standard InChI is InChI=1S/C19H21NO2/c1-22-16-11-13-20(14-12-16)19(21)18-10-6-5-9-17(18)15-7-3-2-4-8-15/h2-10,16H,11-14H2,1H3. The summed E-state index contributed by atoms with van der Waals surface area (Å²) in [6, 6.07) is 17.9. The van der Waals surface area contributed by atoms with Crippen molar-refractivity contribution in [2.24, 2.45) is 0 Å². The summed E-state index contributed by atoms with van der Waals surface area (Å²) in [5.74, 6) is 0.119. The van der Waals surface area contributed by atoms with Crippen LogP contribution >= 0.6 is 0 Å². The van der Waals surface area contributed by atoms with Gasteiger partial charge < -0.3 is 9.64 Å². The molecule has 0 aliphatic carbocycles. The van der Waals surface area contributed by atoms with Gasteiger partial charge in [0.1, 0.15) is 0 Å². The van der Waals surface area contributed by atoms with Gasteiger partial charge in [0.25, 0.3) is 5.91 Å². The van der Waals surface area contributed by atoms with Crippen molar-refractivity contribution in [2.75, 3.05) is 20.2 Å². The smallest absolute Gasteiger partial charge is 0.254 e. The van der Waals surface area contributed by atoms with Crippen molar-refractivity contribution in [3.63, 3.8) is 0 Å². The Morgan fingerprint density at radius 1 is 1.00 bits per heavy atom. The van der Waals surface area contributed by atoms with Gasteiger partial charge in [-0.3, -0.25) is 4.79 Å². The third-order valence-corrected chi connectivity index (χ3v) is 4.30. The molecule has 1 aliphatic heterocycles. The first-order valence-electron chi connectivity index (χ1n) is 7.76. The van der Waals surface area contributed by atoms with Crippen LogP contribution in [0.1, 0.15) is 23.2 Å². The Morgan fingerprint density at radius 3 is 2.32 bits per heavy atom. The van der Waals surface area contributed by atoms with E-state index in [0.717, 1.165) is 42.6 Å². The fourth-order valence-electron chi connectivity index (χ4n) is 3.00. The summed E-state index contributed by atoms with van der Waals surface area (Å²) in [5, 5.41) is 0. The molecule has 1 heterocycles. The maximum atomic E-state index is 12.9. The molecule has 114 valence electrons. The highest BCUT2D eigenvalue weighted by Crippen LogP contribution is 2.25. The zero-order chi connectivity index (χ0) is 15.4. The molecule has 1 fully saturated rings. The van der Waals surface area contributed by atoms with Crippen molar-refractivity contribution in [3.8, 4) is 11.1 Å². The van der Waals surface area contributed by atoms with E-state index in [4.69, 9.17) is 4.74 Å². The van der Waals surface area contributed by atoms with Crippen LogP contribution in [0.15, 0.2) is 54.6 Å². The van der Waals surface area contributed by atoms with Crippen LogP contribution < -0.4 is 0 Å². The molecule has 22 heavy (non-hydrogen) atoms. The fourth-order valence-corrected chi connectivity index (χ4v) is 3.00. The number of carbonyl (C=O) groups excluding carboxylic acids is 1. The maximum Gasteiger partial charge on any atom is 0.254 e. The molecule has 3 rings (SSSR count). The molecule has 0 radical (unpaired) electrons. The Hall–Kier alpha value is -2.13. The summed E-state index contributed by atoms with van der Waals surface area (Å²) in [6.45, 7) is 1.53. The number of rotatable bonds is 3. The minimum absolute atomic E-state index is 0.119. The molecule has 3 heteroatoms. The number of nitrogens with zero attached hydrogens (tertiary/aromatic N) is 1. The minimum Gasteiger partial charge on any atom is -0.381 e. The second kappa shape index (κ2) is 6.75. The second-order valence-corrected chi connectivity index (χ2v) is 5.64. The van der Waals surface area contributed by atoms with Crippen molar-refractivity contribution >= 4 is 5.91 Å². The maximum absolute atomic E-state index is 12.9. The third-order valence-electron chi connectivity index (χ3n) is 4.30. The van der Waals surface area contributed by atoms with Gasteiger partial charge in [-0.2, -0.15) is 0 Å². The van der Waals surface area contributed by atoms with Crippen LogP contribution in [-0.2, 0) is 4.74 Å². The lowest BCUT2D eigenvalue weighted by atomic mass is 9.98. The summed E-state index contributed by atoms with van der Waals surface area (Å²) >= 11 is 0. The zero-order valence-electron chi connectivity index (χ0n) is 12.9. The molecule has 1 amide bonds. The van der Waals surface area contributed by atoms with Gasteiger partial charge in [0.2, 0.25) is 0 Å². The van der Waals surface area contributed by atoms with E-state index in [-0.39, 0.29) is 12.0 Å². The number of ether oxygens (including phenoxy) is 1. The number of hydrogen-bond acceptors (Lipinski definition) is 2. The molecule has 2 aromatic carbocycles. The summed E-state index contributed by atoms with van der Waals surface area (Å²) in [4.78, 5) is 14.8. The van der Waals surface area contributed by atoms with Crippen LogP contribution in [-0.4, -0.2) is 37.1 Å². The number of methoxy groups -OCH3 is 1. The molecule has 3 nitrogen and oxygen atoms in total. The number of piperidine rings is 1. The van der Waals surface area contributed by atoms with E-state index in [0.29, 0.717) is 0 Å². The first-order chi connectivity index (χ1) is 10.8. The lowest BCUT2D eigenvalue weighted by Gasteiger charge is -2.31. The molecule has 0 saturated carbocycles. The van der Waals surface area contributed by atoms with Gasteiger partial charge >= 0.3 is 0 Å². The van der Waals surface area contributed by atoms with E-state index >= 15 is 0 Å². The molecule has 0 bridgehead atoms. The number of carbonyl (C=O) groups is 1. The Kier molecular flexibility index (Phi) is 4.54. The van der Waals surface area contributed by atoms with Crippen molar-refractivity contribution in [2.45, 2.75) is 18.9 Å². The average Bonchev–Trinajstić information content (AvgIpc) is 2.62. The number of amides is 1. The summed E-state index contributed by atoms with van der Waals surface area (Å²) < 4.78 is 5.38. The van der Waals surface area contributed by atoms with E-state index in [2.05, 4.69) is 0 Å². The number of hydrogen-bond donors (Lipinski definition) is 0. The molecule has 0 unspecified atom stereocenters. The van der Waals surface area contributed by atoms with Crippen molar-refractivity contribution < 1.29 is 9.53 Å². The molecule has 0 N–H and O–H groups in total. The van der Waals surface area contributed by atoms with Crippen LogP contribution in [0.2, 0.25) is 0 Å². The predicted octanol–water partition coefficient (Wildman–Crippen LogP) is 3.60. The molecule has 0 aromatic heterocycles. The molecular formula is C19H21NO2. The Balaban J connectivity index is 1.85. The molecule has 1 saturated heterocycles. The monoisotopic (exact) mass is 295 g/mol. The Morgan fingerprint density at radius 2 is 1.64 bits per heavy atom.